The van der Waals surface area contributed by atoms with Crippen LogP contribution in [0.5, 0.6) is 17.2 Å². The van der Waals surface area contributed by atoms with Crippen LogP contribution in [0.25, 0.3) is 11.3 Å². The van der Waals surface area contributed by atoms with Crippen LogP contribution in [-0.4, -0.2) is 38.8 Å². The molecular weight excluding hydrogens is 386 g/mol. The first kappa shape index (κ1) is 20.4. The molecule has 3 rings (SSSR count). The van der Waals surface area contributed by atoms with Crippen molar-refractivity contribution >= 4 is 17.6 Å². The number of nitrogens with zero attached hydrogens (tertiary/aromatic N) is 3. The fourth-order valence-electron chi connectivity index (χ4n) is 2.67. The highest BCUT2D eigenvalue weighted by Gasteiger charge is 2.13. The van der Waals surface area contributed by atoms with E-state index in [2.05, 4.69) is 16.7 Å². The van der Waals surface area contributed by atoms with Crippen molar-refractivity contribution in [1.82, 2.24) is 4.68 Å². The van der Waals surface area contributed by atoms with E-state index in [9.17, 15) is 0 Å². The molecular formula is C22H23N3O3S. The van der Waals surface area contributed by atoms with E-state index in [4.69, 9.17) is 14.2 Å². The first-order valence-electron chi connectivity index (χ1n) is 8.93. The maximum Gasteiger partial charge on any atom is 0.206 e. The van der Waals surface area contributed by atoms with Crippen molar-refractivity contribution in [3.8, 4) is 28.5 Å². The summed E-state index contributed by atoms with van der Waals surface area (Å²) in [7, 11) is 4.91. The van der Waals surface area contributed by atoms with Gasteiger partial charge in [0.15, 0.2) is 0 Å². The zero-order valence-corrected chi connectivity index (χ0v) is 17.5. The minimum atomic E-state index is 0.512. The van der Waals surface area contributed by atoms with Crippen LogP contribution in [0.2, 0.25) is 0 Å². The van der Waals surface area contributed by atoms with E-state index >= 15 is 0 Å². The molecule has 0 radical (unpaired) electrons. The van der Waals surface area contributed by atoms with Crippen LogP contribution < -0.4 is 19.0 Å². The van der Waals surface area contributed by atoms with Gasteiger partial charge in [-0.3, -0.25) is 4.99 Å². The quantitative estimate of drug-likeness (QED) is 0.414. The average molecular weight is 410 g/mol. The van der Waals surface area contributed by atoms with E-state index in [1.165, 1.54) is 11.3 Å². The molecule has 0 atom stereocenters. The summed E-state index contributed by atoms with van der Waals surface area (Å²) in [6, 6.07) is 13.4. The van der Waals surface area contributed by atoms with Gasteiger partial charge in [-0.1, -0.05) is 6.08 Å². The van der Waals surface area contributed by atoms with E-state index in [0.717, 1.165) is 33.1 Å². The molecule has 2 aromatic carbocycles. The number of aromatic nitrogens is 1. The Morgan fingerprint density at radius 1 is 1.00 bits per heavy atom. The molecule has 0 spiro atoms. The molecule has 0 aliphatic carbocycles. The van der Waals surface area contributed by atoms with Gasteiger partial charge in [0.25, 0.3) is 0 Å². The van der Waals surface area contributed by atoms with E-state index in [1.807, 2.05) is 52.5 Å². The second-order valence-electron chi connectivity index (χ2n) is 5.93. The minimum Gasteiger partial charge on any atom is -0.497 e. The molecule has 0 amide bonds. The molecule has 0 saturated carbocycles. The summed E-state index contributed by atoms with van der Waals surface area (Å²) in [6.45, 7) is 4.26. The Balaban J connectivity index is 2.08. The van der Waals surface area contributed by atoms with Crippen molar-refractivity contribution in [3.05, 3.63) is 70.9 Å². The predicted molar refractivity (Wildman–Crippen MR) is 117 cm³/mol. The lowest BCUT2D eigenvalue weighted by Crippen LogP contribution is -2.12. The molecule has 29 heavy (non-hydrogen) atoms. The largest absolute Gasteiger partial charge is 0.497 e. The average Bonchev–Trinajstić information content (AvgIpc) is 3.18. The number of ether oxygens (including phenoxy) is 3. The van der Waals surface area contributed by atoms with E-state index in [-0.39, 0.29) is 0 Å². The van der Waals surface area contributed by atoms with Crippen molar-refractivity contribution in [2.24, 2.45) is 10.1 Å². The highest BCUT2D eigenvalue weighted by molar-refractivity contribution is 7.07. The van der Waals surface area contributed by atoms with Crippen LogP contribution in [0.3, 0.4) is 0 Å². The number of benzene rings is 2. The maximum absolute atomic E-state index is 5.57. The predicted octanol–water partition coefficient (Wildman–Crippen LogP) is 4.21. The molecule has 7 heteroatoms. The highest BCUT2D eigenvalue weighted by atomic mass is 32.1. The van der Waals surface area contributed by atoms with Crippen LogP contribution >= 0.6 is 11.3 Å². The molecule has 0 unspecified atom stereocenters. The molecule has 0 saturated heterocycles. The summed E-state index contributed by atoms with van der Waals surface area (Å²) in [5.41, 5.74) is 2.73. The third-order valence-corrected chi connectivity index (χ3v) is 5.02. The van der Waals surface area contributed by atoms with Gasteiger partial charge in [0.2, 0.25) is 4.80 Å². The number of thiazole rings is 1. The molecule has 3 aromatic rings. The Bertz CT molecular complexity index is 1070. The van der Waals surface area contributed by atoms with Crippen molar-refractivity contribution in [2.45, 2.75) is 0 Å². The summed E-state index contributed by atoms with van der Waals surface area (Å²) in [5.74, 6) is 2.23. The number of methoxy groups -OCH3 is 3. The van der Waals surface area contributed by atoms with Crippen LogP contribution in [0, 0.1) is 0 Å². The summed E-state index contributed by atoms with van der Waals surface area (Å²) in [5, 5.41) is 6.70. The number of hydrogen-bond donors (Lipinski definition) is 0. The van der Waals surface area contributed by atoms with Crippen molar-refractivity contribution in [3.63, 3.8) is 0 Å². The molecule has 0 aliphatic heterocycles. The van der Waals surface area contributed by atoms with Crippen molar-refractivity contribution < 1.29 is 14.2 Å². The van der Waals surface area contributed by atoms with E-state index in [0.29, 0.717) is 12.3 Å². The van der Waals surface area contributed by atoms with Gasteiger partial charge >= 0.3 is 0 Å². The fourth-order valence-corrected chi connectivity index (χ4v) is 3.51. The molecule has 0 N–H and O–H groups in total. The van der Waals surface area contributed by atoms with Crippen LogP contribution in [-0.2, 0) is 0 Å². The lowest BCUT2D eigenvalue weighted by atomic mass is 10.1. The van der Waals surface area contributed by atoms with Crippen molar-refractivity contribution in [2.75, 3.05) is 27.9 Å². The van der Waals surface area contributed by atoms with E-state index in [1.54, 1.807) is 33.6 Å². The van der Waals surface area contributed by atoms with Crippen LogP contribution in [0.1, 0.15) is 5.56 Å². The van der Waals surface area contributed by atoms with Gasteiger partial charge < -0.3 is 14.2 Å². The van der Waals surface area contributed by atoms with E-state index < -0.39 is 0 Å². The van der Waals surface area contributed by atoms with Crippen LogP contribution in [0.4, 0.5) is 0 Å². The van der Waals surface area contributed by atoms with Gasteiger partial charge in [-0.05, 0) is 42.0 Å². The molecule has 1 heterocycles. The number of hydrogen-bond acceptors (Lipinski definition) is 6. The van der Waals surface area contributed by atoms with Gasteiger partial charge in [0, 0.05) is 17.0 Å². The molecule has 0 bridgehead atoms. The molecule has 0 fully saturated rings. The highest BCUT2D eigenvalue weighted by Crippen LogP contribution is 2.33. The Morgan fingerprint density at radius 3 is 2.38 bits per heavy atom. The second kappa shape index (κ2) is 9.75. The molecule has 0 aliphatic rings. The maximum atomic E-state index is 5.57. The minimum absolute atomic E-state index is 0.512. The normalized spacial score (nSPS) is 11.6. The first-order valence-corrected chi connectivity index (χ1v) is 9.81. The van der Waals surface area contributed by atoms with Crippen LogP contribution in [0.15, 0.2) is 70.6 Å². The third kappa shape index (κ3) is 4.75. The summed E-state index contributed by atoms with van der Waals surface area (Å²) in [6.07, 6.45) is 3.55. The first-order chi connectivity index (χ1) is 14.2. The Kier molecular flexibility index (Phi) is 6.86. The summed E-state index contributed by atoms with van der Waals surface area (Å²) < 4.78 is 17.9. The lowest BCUT2D eigenvalue weighted by molar-refractivity contribution is 0.395. The van der Waals surface area contributed by atoms with Crippen molar-refractivity contribution in [1.29, 1.82) is 0 Å². The topological polar surface area (TPSA) is 57.3 Å². The van der Waals surface area contributed by atoms with Gasteiger partial charge in [0.05, 0.1) is 39.8 Å². The third-order valence-electron chi connectivity index (χ3n) is 4.16. The van der Waals surface area contributed by atoms with Gasteiger partial charge in [0.1, 0.15) is 17.2 Å². The lowest BCUT2D eigenvalue weighted by Gasteiger charge is -2.11. The monoisotopic (exact) mass is 409 g/mol. The Morgan fingerprint density at radius 2 is 1.72 bits per heavy atom. The summed E-state index contributed by atoms with van der Waals surface area (Å²) in [4.78, 5) is 5.33. The summed E-state index contributed by atoms with van der Waals surface area (Å²) >= 11 is 1.51. The molecule has 150 valence electrons. The molecule has 1 aromatic heterocycles. The standard InChI is InChI=1S/C22H23N3O3S/c1-5-12-23-22-25(24-14-16-6-8-17(26-2)9-7-16)20(15-29-22)19-11-10-18(27-3)13-21(19)28-4/h5-11,13-15H,1,12H2,2-4H3. The SMILES string of the molecule is C=CCN=c1scc(-c2ccc(OC)cc2OC)n1N=Cc1ccc(OC)cc1. The fraction of sp³-hybridized carbons (Fsp3) is 0.182. The second-order valence-corrected chi connectivity index (χ2v) is 6.77. The smallest absolute Gasteiger partial charge is 0.206 e. The Hall–Kier alpha value is -3.32. The van der Waals surface area contributed by atoms with Gasteiger partial charge in [-0.15, -0.1) is 17.9 Å². The zero-order chi connectivity index (χ0) is 20.6. The molecule has 6 nitrogen and oxygen atoms in total. The number of rotatable bonds is 8. The van der Waals surface area contributed by atoms with Gasteiger partial charge in [-0.25, -0.2) is 4.68 Å². The van der Waals surface area contributed by atoms with Gasteiger partial charge in [-0.2, -0.15) is 5.10 Å². The Labute approximate surface area is 174 Å². The zero-order valence-electron chi connectivity index (χ0n) is 16.7.